The molecule has 0 aliphatic heterocycles. The minimum atomic E-state index is 0.469. The van der Waals surface area contributed by atoms with Crippen LogP contribution in [0.1, 0.15) is 32.6 Å². The van der Waals surface area contributed by atoms with Crippen molar-refractivity contribution in [2.75, 3.05) is 5.32 Å². The van der Waals surface area contributed by atoms with Crippen molar-refractivity contribution in [3.05, 3.63) is 42.0 Å². The Hall–Kier alpha value is -1.94. The third kappa shape index (κ3) is 2.63. The van der Waals surface area contributed by atoms with E-state index >= 15 is 0 Å². The Morgan fingerprint density at radius 1 is 1.12 bits per heavy atom. The van der Waals surface area contributed by atoms with Gasteiger partial charge in [-0.15, -0.1) is 11.3 Å². The van der Waals surface area contributed by atoms with Gasteiger partial charge >= 0.3 is 0 Å². The van der Waals surface area contributed by atoms with Gasteiger partial charge in [0.25, 0.3) is 0 Å². The van der Waals surface area contributed by atoms with Gasteiger partial charge in [-0.05, 0) is 49.5 Å². The lowest BCUT2D eigenvalue weighted by Crippen LogP contribution is -2.30. The second kappa shape index (κ2) is 6.10. The third-order valence-corrected chi connectivity index (χ3v) is 7.14. The Bertz CT molecular complexity index is 889. The summed E-state index contributed by atoms with van der Waals surface area (Å²) in [5, 5.41) is 7.15. The van der Waals surface area contributed by atoms with Gasteiger partial charge in [-0.1, -0.05) is 36.8 Å². The Balaban J connectivity index is 1.50. The van der Waals surface area contributed by atoms with Crippen molar-refractivity contribution < 1.29 is 0 Å². The molecule has 3 aromatic rings. The number of fused-ring (bicyclic) bond motifs is 3. The highest BCUT2D eigenvalue weighted by molar-refractivity contribution is 7.17. The fourth-order valence-electron chi connectivity index (χ4n) is 5.04. The van der Waals surface area contributed by atoms with Crippen LogP contribution in [0.25, 0.3) is 21.3 Å². The van der Waals surface area contributed by atoms with Gasteiger partial charge in [-0.3, -0.25) is 0 Å². The molecule has 5 rings (SSSR count). The van der Waals surface area contributed by atoms with Crippen LogP contribution < -0.4 is 5.32 Å². The fraction of sp³-hybridized carbons (Fsp3) is 0.429. The van der Waals surface area contributed by atoms with E-state index in [2.05, 4.69) is 57.9 Å². The van der Waals surface area contributed by atoms with Crippen LogP contribution in [-0.2, 0) is 0 Å². The lowest BCUT2D eigenvalue weighted by molar-refractivity contribution is 0.304. The lowest BCUT2D eigenvalue weighted by atomic mass is 9.84. The van der Waals surface area contributed by atoms with Crippen LogP contribution >= 0.6 is 11.3 Å². The number of nitrogens with zero attached hydrogens (tertiary/aromatic N) is 2. The summed E-state index contributed by atoms with van der Waals surface area (Å²) in [6, 6.07) is 11.0. The van der Waals surface area contributed by atoms with Crippen LogP contribution in [0.2, 0.25) is 0 Å². The Labute approximate surface area is 152 Å². The SMILES string of the molecule is CC(Nc1ncnc2scc(-c3ccccc3)c12)C1CC2CCC1C2. The average Bonchev–Trinajstić information content (AvgIpc) is 3.38. The van der Waals surface area contributed by atoms with E-state index in [-0.39, 0.29) is 0 Å². The summed E-state index contributed by atoms with van der Waals surface area (Å²) < 4.78 is 0. The number of anilines is 1. The van der Waals surface area contributed by atoms with Crippen LogP contribution in [0.3, 0.4) is 0 Å². The molecule has 1 N–H and O–H groups in total. The van der Waals surface area contributed by atoms with E-state index in [1.54, 1.807) is 17.7 Å². The van der Waals surface area contributed by atoms with Crippen LogP contribution in [0.4, 0.5) is 5.82 Å². The summed E-state index contributed by atoms with van der Waals surface area (Å²) in [7, 11) is 0. The van der Waals surface area contributed by atoms with Crippen LogP contribution in [-0.4, -0.2) is 16.0 Å². The molecule has 2 aliphatic rings. The quantitative estimate of drug-likeness (QED) is 0.667. The molecule has 2 aromatic heterocycles. The first kappa shape index (κ1) is 15.3. The predicted octanol–water partition coefficient (Wildman–Crippen LogP) is 5.59. The molecular weight excluding hydrogens is 326 g/mol. The fourth-order valence-corrected chi connectivity index (χ4v) is 5.96. The minimum absolute atomic E-state index is 0.469. The molecule has 4 unspecified atom stereocenters. The van der Waals surface area contributed by atoms with Crippen molar-refractivity contribution in [3.63, 3.8) is 0 Å². The molecular formula is C21H23N3S. The van der Waals surface area contributed by atoms with Crippen molar-refractivity contribution in [2.45, 2.75) is 38.6 Å². The van der Waals surface area contributed by atoms with E-state index in [1.165, 1.54) is 42.2 Å². The number of nitrogens with one attached hydrogen (secondary N) is 1. The van der Waals surface area contributed by atoms with E-state index < -0.39 is 0 Å². The smallest absolute Gasteiger partial charge is 0.139 e. The van der Waals surface area contributed by atoms with Crippen molar-refractivity contribution in [1.82, 2.24) is 9.97 Å². The van der Waals surface area contributed by atoms with Crippen LogP contribution in [0.5, 0.6) is 0 Å². The minimum Gasteiger partial charge on any atom is -0.367 e. The Morgan fingerprint density at radius 3 is 2.76 bits per heavy atom. The summed E-state index contributed by atoms with van der Waals surface area (Å²) in [6.07, 6.45) is 7.41. The molecule has 2 saturated carbocycles. The first-order chi connectivity index (χ1) is 12.3. The first-order valence-electron chi connectivity index (χ1n) is 9.33. The summed E-state index contributed by atoms with van der Waals surface area (Å²) in [4.78, 5) is 10.2. The summed E-state index contributed by atoms with van der Waals surface area (Å²) in [5.74, 6) is 3.69. The summed E-state index contributed by atoms with van der Waals surface area (Å²) >= 11 is 1.70. The third-order valence-electron chi connectivity index (χ3n) is 6.25. The van der Waals surface area contributed by atoms with E-state index in [0.29, 0.717) is 6.04 Å². The van der Waals surface area contributed by atoms with Gasteiger partial charge < -0.3 is 5.32 Å². The molecule has 0 saturated heterocycles. The van der Waals surface area contributed by atoms with E-state index in [0.717, 1.165) is 28.4 Å². The second-order valence-electron chi connectivity index (χ2n) is 7.69. The van der Waals surface area contributed by atoms with E-state index in [1.807, 2.05) is 0 Å². The summed E-state index contributed by atoms with van der Waals surface area (Å²) in [5.41, 5.74) is 2.48. The van der Waals surface area contributed by atoms with Gasteiger partial charge in [0.15, 0.2) is 0 Å². The molecule has 25 heavy (non-hydrogen) atoms. The maximum Gasteiger partial charge on any atom is 0.139 e. The topological polar surface area (TPSA) is 37.8 Å². The van der Waals surface area contributed by atoms with Gasteiger partial charge in [-0.2, -0.15) is 0 Å². The number of rotatable bonds is 4. The largest absolute Gasteiger partial charge is 0.367 e. The Morgan fingerprint density at radius 2 is 2.00 bits per heavy atom. The van der Waals surface area contributed by atoms with Crippen molar-refractivity contribution in [3.8, 4) is 11.1 Å². The first-order valence-corrected chi connectivity index (χ1v) is 10.2. The Kier molecular flexibility index (Phi) is 3.74. The molecule has 3 nitrogen and oxygen atoms in total. The standard InChI is InChI=1S/C21H23N3S/c1-13(17-10-14-7-8-16(17)9-14)24-20-19-18(15-5-3-2-4-6-15)11-25-21(19)23-12-22-20/h2-6,11-14,16-17H,7-10H2,1H3,(H,22,23,24). The monoisotopic (exact) mass is 349 g/mol. The zero-order valence-corrected chi connectivity index (χ0v) is 15.3. The molecule has 2 fully saturated rings. The zero-order valence-electron chi connectivity index (χ0n) is 14.5. The highest BCUT2D eigenvalue weighted by atomic mass is 32.1. The van der Waals surface area contributed by atoms with Crippen molar-refractivity contribution in [1.29, 1.82) is 0 Å². The zero-order chi connectivity index (χ0) is 16.8. The molecule has 2 bridgehead atoms. The number of aromatic nitrogens is 2. The molecule has 2 aliphatic carbocycles. The van der Waals surface area contributed by atoms with E-state index in [4.69, 9.17) is 0 Å². The van der Waals surface area contributed by atoms with E-state index in [9.17, 15) is 0 Å². The highest BCUT2D eigenvalue weighted by Gasteiger charge is 2.41. The van der Waals surface area contributed by atoms with Crippen LogP contribution in [0, 0.1) is 17.8 Å². The highest BCUT2D eigenvalue weighted by Crippen LogP contribution is 2.50. The molecule has 128 valence electrons. The molecule has 0 amide bonds. The molecule has 1 aromatic carbocycles. The van der Waals surface area contributed by atoms with Crippen molar-refractivity contribution in [2.24, 2.45) is 17.8 Å². The van der Waals surface area contributed by atoms with Gasteiger partial charge in [-0.25, -0.2) is 9.97 Å². The second-order valence-corrected chi connectivity index (χ2v) is 8.55. The molecule has 0 radical (unpaired) electrons. The maximum absolute atomic E-state index is 4.62. The molecule has 4 heteroatoms. The molecule has 0 spiro atoms. The van der Waals surface area contributed by atoms with Crippen molar-refractivity contribution >= 4 is 27.4 Å². The maximum atomic E-state index is 4.62. The number of thiophene rings is 1. The number of hydrogen-bond donors (Lipinski definition) is 1. The number of hydrogen-bond acceptors (Lipinski definition) is 4. The normalized spacial score (nSPS) is 26.2. The van der Waals surface area contributed by atoms with Gasteiger partial charge in [0.2, 0.25) is 0 Å². The molecule has 2 heterocycles. The lowest BCUT2D eigenvalue weighted by Gasteiger charge is -2.29. The summed E-state index contributed by atoms with van der Waals surface area (Å²) in [6.45, 7) is 2.34. The predicted molar refractivity (Wildman–Crippen MR) is 105 cm³/mol. The van der Waals surface area contributed by atoms with Crippen LogP contribution in [0.15, 0.2) is 42.0 Å². The average molecular weight is 350 g/mol. The van der Waals surface area contributed by atoms with Gasteiger partial charge in [0.1, 0.15) is 17.0 Å². The van der Waals surface area contributed by atoms with Gasteiger partial charge in [0, 0.05) is 17.0 Å². The molecule has 4 atom stereocenters. The van der Waals surface area contributed by atoms with Gasteiger partial charge in [0.05, 0.1) is 5.39 Å². The number of benzene rings is 1.